The van der Waals surface area contributed by atoms with E-state index in [1.54, 1.807) is 11.3 Å². The molecule has 2 heterocycles. The van der Waals surface area contributed by atoms with Crippen LogP contribution in [-0.2, 0) is 6.42 Å². The molecule has 5 rings (SSSR count). The van der Waals surface area contributed by atoms with Crippen LogP contribution < -0.4 is 5.32 Å². The van der Waals surface area contributed by atoms with Crippen LogP contribution in [0.1, 0.15) is 22.0 Å². The van der Waals surface area contributed by atoms with Gasteiger partial charge in [-0.1, -0.05) is 54.6 Å². The number of rotatable bonds is 4. The van der Waals surface area contributed by atoms with Crippen molar-refractivity contribution in [2.45, 2.75) is 12.5 Å². The molecule has 5 heteroatoms. The first-order chi connectivity index (χ1) is 14.3. The van der Waals surface area contributed by atoms with Gasteiger partial charge in [0.25, 0.3) is 0 Å². The third kappa shape index (κ3) is 3.56. The van der Waals surface area contributed by atoms with Crippen LogP contribution >= 0.6 is 11.3 Å². The van der Waals surface area contributed by atoms with Gasteiger partial charge in [0, 0.05) is 37.6 Å². The summed E-state index contributed by atoms with van der Waals surface area (Å²) in [5, 5.41) is 5.16. The van der Waals surface area contributed by atoms with E-state index in [2.05, 4.69) is 76.3 Å². The van der Waals surface area contributed by atoms with E-state index in [1.807, 2.05) is 4.90 Å². The molecule has 29 heavy (non-hydrogen) atoms. The number of fused-ring (bicyclic) bond motifs is 3. The van der Waals surface area contributed by atoms with E-state index in [9.17, 15) is 4.79 Å². The Morgan fingerprint density at radius 3 is 2.17 bits per heavy atom. The minimum atomic E-state index is 0.0634. The maximum Gasteiger partial charge on any atom is 0.317 e. The molecular formula is C24H25N3OS. The summed E-state index contributed by atoms with van der Waals surface area (Å²) in [6.45, 7) is 4.03. The monoisotopic (exact) mass is 403 g/mol. The molecule has 1 aliphatic heterocycles. The summed E-state index contributed by atoms with van der Waals surface area (Å²) in [4.78, 5) is 18.3. The topological polar surface area (TPSA) is 35.6 Å². The molecular weight excluding hydrogens is 378 g/mol. The van der Waals surface area contributed by atoms with Crippen LogP contribution in [0.3, 0.4) is 0 Å². The van der Waals surface area contributed by atoms with Crippen LogP contribution in [0.15, 0.2) is 66.0 Å². The predicted molar refractivity (Wildman–Crippen MR) is 118 cm³/mol. The number of nitrogens with one attached hydrogen (secondary N) is 1. The summed E-state index contributed by atoms with van der Waals surface area (Å²) < 4.78 is 0. The second-order valence-corrected chi connectivity index (χ2v) is 8.69. The van der Waals surface area contributed by atoms with Crippen molar-refractivity contribution in [2.24, 2.45) is 0 Å². The molecule has 1 fully saturated rings. The Morgan fingerprint density at radius 2 is 1.55 bits per heavy atom. The van der Waals surface area contributed by atoms with Crippen LogP contribution in [0, 0.1) is 0 Å². The summed E-state index contributed by atoms with van der Waals surface area (Å²) >= 11 is 1.74. The van der Waals surface area contributed by atoms with Crippen LogP contribution in [0.4, 0.5) is 4.79 Å². The van der Waals surface area contributed by atoms with Crippen molar-refractivity contribution >= 4 is 17.4 Å². The van der Waals surface area contributed by atoms with Crippen LogP contribution in [-0.4, -0.2) is 48.6 Å². The number of benzene rings is 2. The van der Waals surface area contributed by atoms with Gasteiger partial charge in [0.2, 0.25) is 0 Å². The predicted octanol–water partition coefficient (Wildman–Crippen LogP) is 4.39. The molecule has 0 atom stereocenters. The lowest BCUT2D eigenvalue weighted by atomic mass is 10.0. The van der Waals surface area contributed by atoms with Crippen LogP contribution in [0.5, 0.6) is 0 Å². The first kappa shape index (κ1) is 18.4. The van der Waals surface area contributed by atoms with Gasteiger partial charge in [0.1, 0.15) is 0 Å². The molecule has 148 valence electrons. The highest BCUT2D eigenvalue weighted by molar-refractivity contribution is 7.09. The first-order valence-electron chi connectivity index (χ1n) is 10.3. The minimum absolute atomic E-state index is 0.0634. The fraction of sp³-hybridized carbons (Fsp3) is 0.292. The molecule has 0 unspecified atom stereocenters. The molecule has 1 aromatic heterocycles. The molecule has 0 bridgehead atoms. The Kier molecular flexibility index (Phi) is 5.08. The summed E-state index contributed by atoms with van der Waals surface area (Å²) in [5.41, 5.74) is 5.48. The molecule has 0 saturated carbocycles. The minimum Gasteiger partial charge on any atom is -0.338 e. The second-order valence-electron chi connectivity index (χ2n) is 7.66. The Hall–Kier alpha value is -2.63. The molecule has 2 aliphatic rings. The van der Waals surface area contributed by atoms with Gasteiger partial charge in [-0.05, 0) is 40.1 Å². The SMILES string of the molecule is O=C(NCCc1cccs1)N1CCN(C2c3ccccc3-c3ccccc32)CC1. The lowest BCUT2D eigenvalue weighted by Gasteiger charge is -2.38. The quantitative estimate of drug-likeness (QED) is 0.701. The zero-order chi connectivity index (χ0) is 19.6. The molecule has 0 spiro atoms. The number of carbonyl (C=O) groups excluding carboxylic acids is 1. The van der Waals surface area contributed by atoms with E-state index >= 15 is 0 Å². The molecule has 2 amide bonds. The average Bonchev–Trinajstić information content (AvgIpc) is 3.40. The van der Waals surface area contributed by atoms with Gasteiger partial charge in [-0.3, -0.25) is 4.90 Å². The maximum atomic E-state index is 12.6. The summed E-state index contributed by atoms with van der Waals surface area (Å²) in [5.74, 6) is 0. The van der Waals surface area contributed by atoms with Crippen LogP contribution in [0.25, 0.3) is 11.1 Å². The number of urea groups is 1. The number of piperazine rings is 1. The average molecular weight is 404 g/mol. The number of carbonyl (C=O) groups is 1. The third-order valence-electron chi connectivity index (χ3n) is 6.00. The van der Waals surface area contributed by atoms with Gasteiger partial charge in [-0.2, -0.15) is 0 Å². The van der Waals surface area contributed by atoms with Gasteiger partial charge in [-0.15, -0.1) is 11.3 Å². The Balaban J connectivity index is 1.22. The fourth-order valence-electron chi connectivity index (χ4n) is 4.56. The standard InChI is InChI=1S/C24H25N3OS/c28-24(25-12-11-18-6-5-17-29-18)27-15-13-26(14-16-27)23-21-9-3-1-7-19(21)20-8-2-4-10-22(20)23/h1-10,17,23H,11-16H2,(H,25,28). The largest absolute Gasteiger partial charge is 0.338 e. The highest BCUT2D eigenvalue weighted by Gasteiger charge is 2.34. The van der Waals surface area contributed by atoms with Gasteiger partial charge in [0.15, 0.2) is 0 Å². The van der Waals surface area contributed by atoms with Gasteiger partial charge in [-0.25, -0.2) is 4.79 Å². The van der Waals surface area contributed by atoms with Crippen molar-refractivity contribution in [3.63, 3.8) is 0 Å². The van der Waals surface area contributed by atoms with Gasteiger partial charge >= 0.3 is 6.03 Å². The molecule has 0 radical (unpaired) electrons. The maximum absolute atomic E-state index is 12.6. The van der Waals surface area contributed by atoms with Crippen molar-refractivity contribution in [2.75, 3.05) is 32.7 Å². The van der Waals surface area contributed by atoms with Crippen molar-refractivity contribution in [3.05, 3.63) is 82.0 Å². The van der Waals surface area contributed by atoms with Crippen molar-refractivity contribution in [1.82, 2.24) is 15.1 Å². The number of hydrogen-bond acceptors (Lipinski definition) is 3. The van der Waals surface area contributed by atoms with E-state index in [-0.39, 0.29) is 6.03 Å². The normalized spacial score (nSPS) is 16.5. The van der Waals surface area contributed by atoms with E-state index in [0.717, 1.165) is 32.6 Å². The number of thiophene rings is 1. The molecule has 1 saturated heterocycles. The van der Waals surface area contributed by atoms with Gasteiger partial charge < -0.3 is 10.2 Å². The fourth-order valence-corrected chi connectivity index (χ4v) is 5.27. The van der Waals surface area contributed by atoms with Crippen LogP contribution in [0.2, 0.25) is 0 Å². The molecule has 3 aromatic rings. The molecule has 2 aromatic carbocycles. The lowest BCUT2D eigenvalue weighted by Crippen LogP contribution is -2.52. The summed E-state index contributed by atoms with van der Waals surface area (Å²) in [6.07, 6.45) is 0.902. The number of nitrogens with zero attached hydrogens (tertiary/aromatic N) is 2. The van der Waals surface area contributed by atoms with E-state index in [0.29, 0.717) is 12.6 Å². The number of amides is 2. The van der Waals surface area contributed by atoms with Crippen molar-refractivity contribution in [1.29, 1.82) is 0 Å². The van der Waals surface area contributed by atoms with E-state index in [4.69, 9.17) is 0 Å². The highest BCUT2D eigenvalue weighted by Crippen LogP contribution is 2.46. The van der Waals surface area contributed by atoms with E-state index < -0.39 is 0 Å². The summed E-state index contributed by atoms with van der Waals surface area (Å²) in [7, 11) is 0. The van der Waals surface area contributed by atoms with E-state index in [1.165, 1.54) is 27.1 Å². The summed E-state index contributed by atoms with van der Waals surface area (Å²) in [6, 6.07) is 22.0. The smallest absolute Gasteiger partial charge is 0.317 e. The Labute approximate surface area is 175 Å². The number of hydrogen-bond donors (Lipinski definition) is 1. The zero-order valence-electron chi connectivity index (χ0n) is 16.4. The zero-order valence-corrected chi connectivity index (χ0v) is 17.2. The van der Waals surface area contributed by atoms with Crippen molar-refractivity contribution in [3.8, 4) is 11.1 Å². The Morgan fingerprint density at radius 1 is 0.897 bits per heavy atom. The van der Waals surface area contributed by atoms with Crippen molar-refractivity contribution < 1.29 is 4.79 Å². The first-order valence-corrected chi connectivity index (χ1v) is 11.2. The Bertz CT molecular complexity index is 947. The molecule has 1 N–H and O–H groups in total. The second kappa shape index (κ2) is 8.01. The molecule has 1 aliphatic carbocycles. The highest BCUT2D eigenvalue weighted by atomic mass is 32.1. The molecule has 4 nitrogen and oxygen atoms in total. The third-order valence-corrected chi connectivity index (χ3v) is 6.93. The van der Waals surface area contributed by atoms with Gasteiger partial charge in [0.05, 0.1) is 6.04 Å². The lowest BCUT2D eigenvalue weighted by molar-refractivity contribution is 0.121.